The molecule has 1 unspecified atom stereocenters. The number of anilines is 1. The molecule has 1 aromatic heterocycles. The summed E-state index contributed by atoms with van der Waals surface area (Å²) in [5, 5.41) is 6.36. The van der Waals surface area contributed by atoms with Gasteiger partial charge in [0.1, 0.15) is 11.0 Å². The summed E-state index contributed by atoms with van der Waals surface area (Å²) in [7, 11) is 1.64. The number of piperidine rings is 1. The monoisotopic (exact) mass is 532 g/mol. The molecule has 2 aromatic rings. The lowest BCUT2D eigenvalue weighted by Gasteiger charge is -2.38. The Hall–Kier alpha value is -2.55. The van der Waals surface area contributed by atoms with Crippen molar-refractivity contribution in [2.24, 2.45) is 11.8 Å². The molecule has 9 heteroatoms. The fourth-order valence-electron chi connectivity index (χ4n) is 5.15. The number of amides is 2. The van der Waals surface area contributed by atoms with Gasteiger partial charge >= 0.3 is 0 Å². The number of likely N-dealkylation sites (tertiary alicyclic amines) is 1. The first-order valence-corrected chi connectivity index (χ1v) is 13.3. The van der Waals surface area contributed by atoms with Crippen molar-refractivity contribution in [1.29, 1.82) is 0 Å². The SMILES string of the molecule is COCCC(C(=O)Nc1ccc(F)cc1)C1CCN([C@H](C)CCNC(=O)c2c(C)cc(Cl)nc2C)CC1. The second-order valence-electron chi connectivity index (χ2n) is 9.87. The van der Waals surface area contributed by atoms with Gasteiger partial charge in [-0.15, -0.1) is 0 Å². The maximum absolute atomic E-state index is 13.2. The van der Waals surface area contributed by atoms with Crippen LogP contribution in [0.5, 0.6) is 0 Å². The Kier molecular flexibility index (Phi) is 10.9. The highest BCUT2D eigenvalue weighted by Crippen LogP contribution is 2.30. The van der Waals surface area contributed by atoms with Crippen LogP contribution in [0.4, 0.5) is 10.1 Å². The molecule has 1 aromatic carbocycles. The molecule has 0 bridgehead atoms. The molecule has 0 aliphatic carbocycles. The number of hydrogen-bond donors (Lipinski definition) is 2. The number of halogens is 2. The number of rotatable bonds is 11. The Labute approximate surface area is 224 Å². The number of nitrogens with one attached hydrogen (secondary N) is 2. The molecule has 7 nitrogen and oxygen atoms in total. The molecule has 202 valence electrons. The van der Waals surface area contributed by atoms with Gasteiger partial charge in [0.2, 0.25) is 5.91 Å². The molecule has 1 aliphatic heterocycles. The van der Waals surface area contributed by atoms with Crippen LogP contribution in [0.2, 0.25) is 5.15 Å². The van der Waals surface area contributed by atoms with Gasteiger partial charge in [0.25, 0.3) is 5.91 Å². The molecule has 2 N–H and O–H groups in total. The molecule has 2 amide bonds. The Morgan fingerprint density at radius 3 is 2.49 bits per heavy atom. The third-order valence-electron chi connectivity index (χ3n) is 7.29. The smallest absolute Gasteiger partial charge is 0.253 e. The van der Waals surface area contributed by atoms with Gasteiger partial charge in [-0.05, 0) is 101 Å². The average Bonchev–Trinajstić information content (AvgIpc) is 2.85. The van der Waals surface area contributed by atoms with Gasteiger partial charge in [0.05, 0.1) is 11.3 Å². The largest absolute Gasteiger partial charge is 0.385 e. The number of nitrogens with zero attached hydrogens (tertiary/aromatic N) is 2. The van der Waals surface area contributed by atoms with Crippen molar-refractivity contribution in [3.8, 4) is 0 Å². The van der Waals surface area contributed by atoms with E-state index >= 15 is 0 Å². The summed E-state index contributed by atoms with van der Waals surface area (Å²) in [6, 6.07) is 7.85. The van der Waals surface area contributed by atoms with E-state index in [2.05, 4.69) is 27.4 Å². The van der Waals surface area contributed by atoms with Crippen molar-refractivity contribution < 1.29 is 18.7 Å². The van der Waals surface area contributed by atoms with Crippen LogP contribution in [-0.4, -0.2) is 61.1 Å². The van der Waals surface area contributed by atoms with Crippen LogP contribution in [-0.2, 0) is 9.53 Å². The van der Waals surface area contributed by atoms with Crippen LogP contribution >= 0.6 is 11.6 Å². The predicted molar refractivity (Wildman–Crippen MR) is 144 cm³/mol. The van der Waals surface area contributed by atoms with E-state index in [0.717, 1.165) is 37.9 Å². The molecule has 1 fully saturated rings. The maximum atomic E-state index is 13.2. The van der Waals surface area contributed by atoms with E-state index in [1.165, 1.54) is 12.1 Å². The molecule has 37 heavy (non-hydrogen) atoms. The Balaban J connectivity index is 1.49. The third-order valence-corrected chi connectivity index (χ3v) is 7.48. The summed E-state index contributed by atoms with van der Waals surface area (Å²) < 4.78 is 18.5. The lowest BCUT2D eigenvalue weighted by atomic mass is 9.81. The Morgan fingerprint density at radius 2 is 1.86 bits per heavy atom. The number of aromatic nitrogens is 1. The molecule has 2 atom stereocenters. The van der Waals surface area contributed by atoms with Gasteiger partial charge in [-0.3, -0.25) is 9.59 Å². The minimum Gasteiger partial charge on any atom is -0.385 e. The van der Waals surface area contributed by atoms with Crippen LogP contribution in [0.25, 0.3) is 0 Å². The van der Waals surface area contributed by atoms with E-state index < -0.39 is 0 Å². The summed E-state index contributed by atoms with van der Waals surface area (Å²) in [4.78, 5) is 32.4. The highest BCUT2D eigenvalue weighted by atomic mass is 35.5. The highest BCUT2D eigenvalue weighted by molar-refractivity contribution is 6.29. The second-order valence-corrected chi connectivity index (χ2v) is 10.3. The zero-order valence-corrected chi connectivity index (χ0v) is 22.9. The van der Waals surface area contributed by atoms with E-state index in [0.29, 0.717) is 47.7 Å². The van der Waals surface area contributed by atoms with E-state index in [1.807, 2.05) is 6.92 Å². The van der Waals surface area contributed by atoms with E-state index in [9.17, 15) is 14.0 Å². The molecule has 2 heterocycles. The third kappa shape index (κ3) is 8.22. The van der Waals surface area contributed by atoms with Crippen LogP contribution in [0.3, 0.4) is 0 Å². The number of ether oxygens (including phenoxy) is 1. The summed E-state index contributed by atoms with van der Waals surface area (Å²) in [6.45, 7) is 8.70. The molecular formula is C28H38ClFN4O3. The summed E-state index contributed by atoms with van der Waals surface area (Å²) >= 11 is 5.98. The van der Waals surface area contributed by atoms with Crippen molar-refractivity contribution in [3.63, 3.8) is 0 Å². The number of pyridine rings is 1. The molecule has 1 saturated heterocycles. The van der Waals surface area contributed by atoms with Crippen LogP contribution in [0.1, 0.15) is 54.2 Å². The molecule has 0 saturated carbocycles. The van der Waals surface area contributed by atoms with Crippen molar-refractivity contribution >= 4 is 29.1 Å². The summed E-state index contributed by atoms with van der Waals surface area (Å²) in [6.07, 6.45) is 3.30. The lowest BCUT2D eigenvalue weighted by Crippen LogP contribution is -2.44. The van der Waals surface area contributed by atoms with E-state index in [1.54, 1.807) is 32.2 Å². The van der Waals surface area contributed by atoms with Gasteiger partial charge in [0, 0.05) is 37.9 Å². The zero-order chi connectivity index (χ0) is 26.9. The summed E-state index contributed by atoms with van der Waals surface area (Å²) in [5.41, 5.74) is 2.63. The Bertz CT molecular complexity index is 1030. The number of carbonyl (C=O) groups excluding carboxylic acids is 2. The number of methoxy groups -OCH3 is 1. The summed E-state index contributed by atoms with van der Waals surface area (Å²) in [5.74, 6) is -0.413. The molecule has 1 aliphatic rings. The molecular weight excluding hydrogens is 495 g/mol. The van der Waals surface area contributed by atoms with Gasteiger partial charge in [-0.2, -0.15) is 0 Å². The van der Waals surface area contributed by atoms with Crippen molar-refractivity contribution in [2.75, 3.05) is 38.7 Å². The highest BCUT2D eigenvalue weighted by Gasteiger charge is 2.32. The number of aryl methyl sites for hydroxylation is 2. The molecule has 0 radical (unpaired) electrons. The first-order chi connectivity index (χ1) is 17.7. The van der Waals surface area contributed by atoms with E-state index in [4.69, 9.17) is 16.3 Å². The number of benzene rings is 1. The average molecular weight is 533 g/mol. The quantitative estimate of drug-likeness (QED) is 0.398. The zero-order valence-electron chi connectivity index (χ0n) is 22.2. The van der Waals surface area contributed by atoms with Crippen LogP contribution < -0.4 is 10.6 Å². The minimum atomic E-state index is -0.331. The van der Waals surface area contributed by atoms with Crippen molar-refractivity contribution in [3.05, 3.63) is 58.1 Å². The van der Waals surface area contributed by atoms with Gasteiger partial charge in [0.15, 0.2) is 0 Å². The van der Waals surface area contributed by atoms with E-state index in [-0.39, 0.29) is 29.5 Å². The number of carbonyl (C=O) groups is 2. The van der Waals surface area contributed by atoms with Gasteiger partial charge in [-0.1, -0.05) is 11.6 Å². The minimum absolute atomic E-state index is 0.0415. The number of hydrogen-bond acceptors (Lipinski definition) is 5. The van der Waals surface area contributed by atoms with Gasteiger partial charge in [-0.25, -0.2) is 9.37 Å². The maximum Gasteiger partial charge on any atom is 0.253 e. The second kappa shape index (κ2) is 13.8. The fraction of sp³-hybridized carbons (Fsp3) is 0.536. The fourth-order valence-corrected chi connectivity index (χ4v) is 5.44. The normalized spacial score (nSPS) is 16.3. The topological polar surface area (TPSA) is 83.6 Å². The predicted octanol–water partition coefficient (Wildman–Crippen LogP) is 5.00. The Morgan fingerprint density at radius 1 is 1.19 bits per heavy atom. The van der Waals surface area contributed by atoms with Gasteiger partial charge < -0.3 is 20.3 Å². The van der Waals surface area contributed by atoms with Crippen molar-refractivity contribution in [1.82, 2.24) is 15.2 Å². The van der Waals surface area contributed by atoms with Crippen LogP contribution in [0.15, 0.2) is 30.3 Å². The lowest BCUT2D eigenvalue weighted by molar-refractivity contribution is -0.123. The van der Waals surface area contributed by atoms with Crippen molar-refractivity contribution in [2.45, 2.75) is 52.5 Å². The molecule has 3 rings (SSSR count). The first kappa shape index (κ1) is 29.0. The molecule has 0 spiro atoms. The standard InChI is InChI=1S/C28H38ClFN4O3/c1-18-17-25(29)32-20(3)26(18)28(36)31-13-9-19(2)34-14-10-21(11-15-34)24(12-16-37-4)27(35)33-23-7-5-22(30)6-8-23/h5-8,17,19,21,24H,9-16H2,1-4H3,(H,31,36)(H,33,35)/t19-,24?/m1/s1. The van der Waals surface area contributed by atoms with Crippen LogP contribution in [0, 0.1) is 31.5 Å². The first-order valence-electron chi connectivity index (χ1n) is 12.9.